The Balaban J connectivity index is 1.26. The van der Waals surface area contributed by atoms with Crippen molar-refractivity contribution in [3.63, 3.8) is 0 Å². The normalized spacial score (nSPS) is 15.0. The first-order chi connectivity index (χ1) is 14.7. The molecule has 30 heavy (non-hydrogen) atoms. The number of hydrogen-bond donors (Lipinski definition) is 1. The van der Waals surface area contributed by atoms with Crippen LogP contribution in [0.2, 0.25) is 0 Å². The molecule has 3 heterocycles. The minimum atomic E-state index is -0.110. The molecule has 1 amide bonds. The fourth-order valence-electron chi connectivity index (χ4n) is 3.91. The largest absolute Gasteiger partial charge is 0.487 e. The average molecular weight is 399 g/mol. The lowest BCUT2D eigenvalue weighted by atomic mass is 10.0. The van der Waals surface area contributed by atoms with E-state index in [9.17, 15) is 4.79 Å². The number of nitrogens with zero attached hydrogens (tertiary/aromatic N) is 4. The molecule has 1 aliphatic rings. The number of ether oxygens (including phenoxy) is 1. The highest BCUT2D eigenvalue weighted by Gasteiger charge is 2.27. The van der Waals surface area contributed by atoms with Crippen molar-refractivity contribution >= 4 is 16.9 Å². The maximum atomic E-state index is 12.5. The minimum Gasteiger partial charge on any atom is -0.487 e. The van der Waals surface area contributed by atoms with Crippen molar-refractivity contribution in [2.45, 2.75) is 26.0 Å². The summed E-state index contributed by atoms with van der Waals surface area (Å²) >= 11 is 0. The summed E-state index contributed by atoms with van der Waals surface area (Å²) < 4.78 is 8.05. The average Bonchev–Trinajstić information content (AvgIpc) is 3.36. The van der Waals surface area contributed by atoms with Gasteiger partial charge in [0.2, 0.25) is 5.91 Å². The fraction of sp³-hybridized carbons (Fsp3) is 0.217. The molecule has 0 saturated heterocycles. The van der Waals surface area contributed by atoms with E-state index in [1.807, 2.05) is 28.8 Å². The van der Waals surface area contributed by atoms with Crippen LogP contribution in [0.5, 0.6) is 5.75 Å². The van der Waals surface area contributed by atoms with Gasteiger partial charge in [-0.05, 0) is 36.2 Å². The Hall–Kier alpha value is -3.74. The molecule has 0 saturated carbocycles. The smallest absolute Gasteiger partial charge is 0.240 e. The summed E-state index contributed by atoms with van der Waals surface area (Å²) in [5.74, 6) is 0.768. The number of hydrogen-bond acceptors (Lipinski definition) is 5. The van der Waals surface area contributed by atoms with Gasteiger partial charge in [-0.2, -0.15) is 0 Å². The quantitative estimate of drug-likeness (QED) is 0.558. The molecule has 0 unspecified atom stereocenters. The van der Waals surface area contributed by atoms with Crippen LogP contribution < -0.4 is 10.1 Å². The third kappa shape index (κ3) is 3.50. The third-order valence-electron chi connectivity index (χ3n) is 5.25. The molecule has 2 aromatic carbocycles. The lowest BCUT2D eigenvalue weighted by Crippen LogP contribution is -2.36. The Bertz CT molecular complexity index is 1220. The van der Waals surface area contributed by atoms with Crippen LogP contribution in [0.1, 0.15) is 11.1 Å². The molecule has 2 aromatic heterocycles. The van der Waals surface area contributed by atoms with Crippen LogP contribution in [0.3, 0.4) is 0 Å². The van der Waals surface area contributed by atoms with E-state index in [0.717, 1.165) is 45.6 Å². The Morgan fingerprint density at radius 2 is 2.13 bits per heavy atom. The molecule has 0 radical (unpaired) electrons. The summed E-state index contributed by atoms with van der Waals surface area (Å²) in [7, 11) is 0. The molecule has 0 bridgehead atoms. The van der Waals surface area contributed by atoms with E-state index < -0.39 is 0 Å². The van der Waals surface area contributed by atoms with Crippen molar-refractivity contribution in [2.75, 3.05) is 6.54 Å². The zero-order valence-electron chi connectivity index (χ0n) is 16.6. The highest BCUT2D eigenvalue weighted by Crippen LogP contribution is 2.38. The number of imidazole rings is 1. The number of carbonyl (C=O) groups excluding carboxylic acids is 1. The highest BCUT2D eigenvalue weighted by atomic mass is 16.5. The van der Waals surface area contributed by atoms with Crippen LogP contribution in [0.4, 0.5) is 0 Å². The first-order valence-electron chi connectivity index (χ1n) is 9.90. The molecule has 7 heteroatoms. The Kier molecular flexibility index (Phi) is 4.63. The standard InChI is InChI=1S/C23H21N5O2/c1-15-8-16-10-17(30-23(16)18(9-15)20-12-24-6-7-25-20)11-26-22(29)13-28-14-27-19-4-2-3-5-21(19)28/h2-9,12,14,17H,10-11,13H2,1H3,(H,26,29)/t17-/m0/s1. The second-order valence-electron chi connectivity index (χ2n) is 7.50. The molecule has 5 rings (SSSR count). The lowest BCUT2D eigenvalue weighted by Gasteiger charge is -2.14. The van der Waals surface area contributed by atoms with E-state index in [1.165, 1.54) is 0 Å². The number of fused-ring (bicyclic) bond motifs is 2. The Morgan fingerprint density at radius 1 is 1.23 bits per heavy atom. The molecule has 1 N–H and O–H groups in total. The van der Waals surface area contributed by atoms with Gasteiger partial charge in [0, 0.05) is 24.4 Å². The van der Waals surface area contributed by atoms with Crippen molar-refractivity contribution in [1.82, 2.24) is 24.8 Å². The van der Waals surface area contributed by atoms with Crippen molar-refractivity contribution in [1.29, 1.82) is 0 Å². The second kappa shape index (κ2) is 7.59. The summed E-state index contributed by atoms with van der Waals surface area (Å²) in [4.78, 5) is 25.4. The van der Waals surface area contributed by atoms with Gasteiger partial charge in [0.25, 0.3) is 0 Å². The molecule has 0 spiro atoms. The van der Waals surface area contributed by atoms with Gasteiger partial charge >= 0.3 is 0 Å². The molecule has 4 aromatic rings. The van der Waals surface area contributed by atoms with Gasteiger partial charge in [-0.25, -0.2) is 4.98 Å². The van der Waals surface area contributed by atoms with E-state index in [1.54, 1.807) is 24.9 Å². The number of amides is 1. The van der Waals surface area contributed by atoms with E-state index in [2.05, 4.69) is 39.3 Å². The number of para-hydroxylation sites is 2. The minimum absolute atomic E-state index is 0.0666. The maximum Gasteiger partial charge on any atom is 0.240 e. The van der Waals surface area contributed by atoms with Gasteiger partial charge in [-0.3, -0.25) is 14.8 Å². The van der Waals surface area contributed by atoms with E-state index >= 15 is 0 Å². The predicted octanol–water partition coefficient (Wildman–Crippen LogP) is 2.92. The number of carbonyl (C=O) groups is 1. The summed E-state index contributed by atoms with van der Waals surface area (Å²) in [6.45, 7) is 2.73. The van der Waals surface area contributed by atoms with Crippen molar-refractivity contribution in [3.8, 4) is 17.0 Å². The number of rotatable bonds is 5. The zero-order chi connectivity index (χ0) is 20.5. The molecule has 1 atom stereocenters. The van der Waals surface area contributed by atoms with Crippen LogP contribution in [-0.4, -0.2) is 38.1 Å². The molecule has 0 fully saturated rings. The van der Waals surface area contributed by atoms with Gasteiger partial charge in [-0.1, -0.05) is 18.2 Å². The van der Waals surface area contributed by atoms with Gasteiger partial charge in [0.1, 0.15) is 18.4 Å². The van der Waals surface area contributed by atoms with Crippen LogP contribution in [-0.2, 0) is 17.8 Å². The predicted molar refractivity (Wildman–Crippen MR) is 113 cm³/mol. The van der Waals surface area contributed by atoms with Crippen LogP contribution in [0.25, 0.3) is 22.3 Å². The van der Waals surface area contributed by atoms with Crippen molar-refractivity contribution < 1.29 is 9.53 Å². The molecule has 150 valence electrons. The third-order valence-corrected chi connectivity index (χ3v) is 5.25. The second-order valence-corrected chi connectivity index (χ2v) is 7.50. The first-order valence-corrected chi connectivity index (χ1v) is 9.90. The van der Waals surface area contributed by atoms with Gasteiger partial charge in [0.05, 0.1) is 35.8 Å². The Morgan fingerprint density at radius 3 is 3.00 bits per heavy atom. The monoisotopic (exact) mass is 399 g/mol. The highest BCUT2D eigenvalue weighted by molar-refractivity contribution is 5.80. The van der Waals surface area contributed by atoms with Gasteiger partial charge in [0.15, 0.2) is 0 Å². The van der Waals surface area contributed by atoms with Gasteiger partial charge in [-0.15, -0.1) is 0 Å². The lowest BCUT2D eigenvalue weighted by molar-refractivity contribution is -0.121. The first kappa shape index (κ1) is 18.3. The molecular formula is C23H21N5O2. The number of aryl methyl sites for hydroxylation is 1. The van der Waals surface area contributed by atoms with E-state index in [-0.39, 0.29) is 18.6 Å². The number of benzene rings is 2. The summed E-state index contributed by atoms with van der Waals surface area (Å²) in [5, 5.41) is 3.00. The van der Waals surface area contributed by atoms with Crippen molar-refractivity contribution in [2.24, 2.45) is 0 Å². The summed E-state index contributed by atoms with van der Waals surface area (Å²) in [6, 6.07) is 12.0. The molecule has 1 aliphatic heterocycles. The molecular weight excluding hydrogens is 378 g/mol. The molecule has 7 nitrogen and oxygen atoms in total. The van der Waals surface area contributed by atoms with Crippen molar-refractivity contribution in [3.05, 3.63) is 72.4 Å². The SMILES string of the molecule is Cc1cc2c(c(-c3cnccn3)c1)O[C@H](CNC(=O)Cn1cnc3ccccc31)C2. The molecule has 0 aliphatic carbocycles. The van der Waals surface area contributed by atoms with Crippen LogP contribution >= 0.6 is 0 Å². The van der Waals surface area contributed by atoms with E-state index in [0.29, 0.717) is 6.54 Å². The summed E-state index contributed by atoms with van der Waals surface area (Å²) in [6.07, 6.45) is 7.41. The number of nitrogens with one attached hydrogen (secondary N) is 1. The topological polar surface area (TPSA) is 81.9 Å². The van der Waals surface area contributed by atoms with E-state index in [4.69, 9.17) is 4.74 Å². The maximum absolute atomic E-state index is 12.5. The summed E-state index contributed by atoms with van der Waals surface area (Å²) in [5.41, 5.74) is 5.84. The fourth-order valence-corrected chi connectivity index (χ4v) is 3.91. The van der Waals surface area contributed by atoms with Crippen LogP contribution in [0, 0.1) is 6.92 Å². The zero-order valence-corrected chi connectivity index (χ0v) is 16.6. The Labute approximate surface area is 173 Å². The number of aromatic nitrogens is 4. The van der Waals surface area contributed by atoms with Gasteiger partial charge < -0.3 is 14.6 Å². The van der Waals surface area contributed by atoms with Crippen LogP contribution in [0.15, 0.2) is 61.3 Å².